The van der Waals surface area contributed by atoms with Crippen LogP contribution in [0, 0.1) is 17.6 Å². The van der Waals surface area contributed by atoms with Crippen molar-refractivity contribution in [2.24, 2.45) is 5.92 Å². The maximum atomic E-state index is 14.1. The SMILES string of the molecule is COc1ccccc1C(=O)N1[C@@H](C(=O)Nc2ccc(F)cc2F)C[C@H]2CCCC[C@@H]21. The summed E-state index contributed by atoms with van der Waals surface area (Å²) in [5.41, 5.74) is 0.304. The number of carbonyl (C=O) groups excluding carboxylic acids is 2. The highest BCUT2D eigenvalue weighted by atomic mass is 19.1. The van der Waals surface area contributed by atoms with Gasteiger partial charge >= 0.3 is 0 Å². The molecule has 2 aromatic carbocycles. The minimum atomic E-state index is -0.846. The monoisotopic (exact) mass is 414 g/mol. The quantitative estimate of drug-likeness (QED) is 0.808. The molecule has 1 N–H and O–H groups in total. The lowest BCUT2D eigenvalue weighted by molar-refractivity contribution is -0.120. The van der Waals surface area contributed by atoms with Gasteiger partial charge in [0, 0.05) is 12.1 Å². The number of hydrogen-bond donors (Lipinski definition) is 1. The van der Waals surface area contributed by atoms with Crippen LogP contribution in [0.1, 0.15) is 42.5 Å². The van der Waals surface area contributed by atoms with Crippen molar-refractivity contribution in [1.29, 1.82) is 0 Å². The normalized spacial score (nSPS) is 23.0. The maximum absolute atomic E-state index is 14.1. The van der Waals surface area contributed by atoms with Gasteiger partial charge in [-0.3, -0.25) is 9.59 Å². The van der Waals surface area contributed by atoms with E-state index in [2.05, 4.69) is 5.32 Å². The molecule has 5 nitrogen and oxygen atoms in total. The molecule has 158 valence electrons. The van der Waals surface area contributed by atoms with E-state index in [0.29, 0.717) is 17.7 Å². The number of nitrogens with zero attached hydrogens (tertiary/aromatic N) is 1. The summed E-state index contributed by atoms with van der Waals surface area (Å²) in [4.78, 5) is 28.3. The molecule has 1 saturated heterocycles. The Bertz CT molecular complexity index is 965. The number of rotatable bonds is 4. The van der Waals surface area contributed by atoms with E-state index in [0.717, 1.165) is 37.8 Å². The van der Waals surface area contributed by atoms with Crippen LogP contribution in [-0.4, -0.2) is 35.9 Å². The predicted molar refractivity (Wildman–Crippen MR) is 108 cm³/mol. The van der Waals surface area contributed by atoms with Gasteiger partial charge in [-0.15, -0.1) is 0 Å². The van der Waals surface area contributed by atoms with Crippen molar-refractivity contribution in [3.05, 3.63) is 59.7 Å². The minimum absolute atomic E-state index is 0.0371. The molecule has 1 saturated carbocycles. The topological polar surface area (TPSA) is 58.6 Å². The Morgan fingerprint density at radius 2 is 1.87 bits per heavy atom. The number of nitrogens with one attached hydrogen (secondary N) is 1. The summed E-state index contributed by atoms with van der Waals surface area (Å²) in [5.74, 6) is -1.61. The number of anilines is 1. The largest absolute Gasteiger partial charge is 0.496 e. The number of halogens is 2. The van der Waals surface area contributed by atoms with E-state index in [-0.39, 0.29) is 23.6 Å². The second-order valence-corrected chi connectivity index (χ2v) is 7.89. The first-order valence-corrected chi connectivity index (χ1v) is 10.2. The number of likely N-dealkylation sites (tertiary alicyclic amines) is 1. The fourth-order valence-electron chi connectivity index (χ4n) is 4.75. The molecule has 0 aromatic heterocycles. The van der Waals surface area contributed by atoms with Gasteiger partial charge in [0.1, 0.15) is 23.4 Å². The predicted octanol–water partition coefficient (Wildman–Crippen LogP) is 4.39. The van der Waals surface area contributed by atoms with Gasteiger partial charge in [-0.25, -0.2) is 8.78 Å². The molecule has 2 fully saturated rings. The molecule has 1 aliphatic carbocycles. The van der Waals surface area contributed by atoms with Crippen LogP contribution in [-0.2, 0) is 4.79 Å². The Morgan fingerprint density at radius 1 is 1.10 bits per heavy atom. The van der Waals surface area contributed by atoms with Crippen molar-refractivity contribution < 1.29 is 23.1 Å². The zero-order valence-corrected chi connectivity index (χ0v) is 16.7. The number of para-hydroxylation sites is 1. The fourth-order valence-corrected chi connectivity index (χ4v) is 4.75. The van der Waals surface area contributed by atoms with Crippen molar-refractivity contribution in [3.63, 3.8) is 0 Å². The van der Waals surface area contributed by atoms with Crippen molar-refractivity contribution in [2.45, 2.75) is 44.2 Å². The molecule has 2 aliphatic rings. The third-order valence-corrected chi connectivity index (χ3v) is 6.15. The summed E-state index contributed by atoms with van der Waals surface area (Å²) >= 11 is 0. The van der Waals surface area contributed by atoms with Crippen LogP contribution in [0.2, 0.25) is 0 Å². The molecule has 7 heteroatoms. The first kappa shape index (κ1) is 20.3. The van der Waals surface area contributed by atoms with E-state index in [9.17, 15) is 18.4 Å². The van der Waals surface area contributed by atoms with Gasteiger partial charge in [0.25, 0.3) is 5.91 Å². The summed E-state index contributed by atoms with van der Waals surface area (Å²) in [5, 5.41) is 2.55. The van der Waals surface area contributed by atoms with E-state index in [1.54, 1.807) is 29.2 Å². The van der Waals surface area contributed by atoms with Crippen molar-refractivity contribution in [1.82, 2.24) is 4.90 Å². The summed E-state index contributed by atoms with van der Waals surface area (Å²) in [7, 11) is 1.50. The first-order chi connectivity index (χ1) is 14.5. The van der Waals surface area contributed by atoms with Gasteiger partial charge in [-0.2, -0.15) is 0 Å². The molecule has 1 heterocycles. The number of ether oxygens (including phenoxy) is 1. The summed E-state index contributed by atoms with van der Waals surface area (Å²) < 4.78 is 32.6. The number of carbonyl (C=O) groups is 2. The van der Waals surface area contributed by atoms with Gasteiger partial charge in [-0.1, -0.05) is 25.0 Å². The van der Waals surface area contributed by atoms with E-state index in [4.69, 9.17) is 4.74 Å². The lowest BCUT2D eigenvalue weighted by Gasteiger charge is -2.34. The molecule has 3 atom stereocenters. The number of fused-ring (bicyclic) bond motifs is 1. The molecule has 0 unspecified atom stereocenters. The third-order valence-electron chi connectivity index (χ3n) is 6.15. The number of amides is 2. The summed E-state index contributed by atoms with van der Waals surface area (Å²) in [6.07, 6.45) is 4.38. The van der Waals surface area contributed by atoms with Gasteiger partial charge in [0.05, 0.1) is 18.4 Å². The van der Waals surface area contributed by atoms with Crippen LogP contribution in [0.15, 0.2) is 42.5 Å². The zero-order valence-electron chi connectivity index (χ0n) is 16.7. The lowest BCUT2D eigenvalue weighted by Crippen LogP contribution is -2.48. The fraction of sp³-hybridized carbons (Fsp3) is 0.391. The minimum Gasteiger partial charge on any atom is -0.496 e. The van der Waals surface area contributed by atoms with Gasteiger partial charge in [0.2, 0.25) is 5.91 Å². The lowest BCUT2D eigenvalue weighted by atomic mass is 9.84. The summed E-state index contributed by atoms with van der Waals surface area (Å²) in [6.45, 7) is 0. The summed E-state index contributed by atoms with van der Waals surface area (Å²) in [6, 6.07) is 9.18. The highest BCUT2D eigenvalue weighted by molar-refractivity contribution is 6.03. The van der Waals surface area contributed by atoms with Crippen molar-refractivity contribution >= 4 is 17.5 Å². The Morgan fingerprint density at radius 3 is 2.63 bits per heavy atom. The van der Waals surface area contributed by atoms with Crippen LogP contribution in [0.5, 0.6) is 5.75 Å². The highest BCUT2D eigenvalue weighted by Crippen LogP contribution is 2.41. The molecular formula is C23H24F2N2O3. The van der Waals surface area contributed by atoms with Crippen LogP contribution < -0.4 is 10.1 Å². The second-order valence-electron chi connectivity index (χ2n) is 7.89. The number of benzene rings is 2. The number of methoxy groups -OCH3 is 1. The van der Waals surface area contributed by atoms with E-state index in [1.165, 1.54) is 13.2 Å². The average Bonchev–Trinajstić information content (AvgIpc) is 3.15. The van der Waals surface area contributed by atoms with Gasteiger partial charge in [-0.05, 0) is 49.4 Å². The molecule has 0 radical (unpaired) electrons. The highest BCUT2D eigenvalue weighted by Gasteiger charge is 2.48. The zero-order chi connectivity index (χ0) is 21.3. The second kappa shape index (κ2) is 8.42. The molecule has 4 rings (SSSR count). The van der Waals surface area contributed by atoms with Crippen molar-refractivity contribution in [3.8, 4) is 5.75 Å². The maximum Gasteiger partial charge on any atom is 0.258 e. The molecule has 0 spiro atoms. The molecule has 2 amide bonds. The van der Waals surface area contributed by atoms with Gasteiger partial charge < -0.3 is 15.0 Å². The first-order valence-electron chi connectivity index (χ1n) is 10.2. The molecule has 2 aromatic rings. The molecule has 0 bridgehead atoms. The van der Waals surface area contributed by atoms with Crippen molar-refractivity contribution in [2.75, 3.05) is 12.4 Å². The molecular weight excluding hydrogens is 390 g/mol. The third kappa shape index (κ3) is 3.76. The van der Waals surface area contributed by atoms with E-state index in [1.807, 2.05) is 0 Å². The molecule has 30 heavy (non-hydrogen) atoms. The average molecular weight is 414 g/mol. The Labute approximate surface area is 174 Å². The van der Waals surface area contributed by atoms with Crippen LogP contribution in [0.3, 0.4) is 0 Å². The van der Waals surface area contributed by atoms with E-state index >= 15 is 0 Å². The molecule has 1 aliphatic heterocycles. The standard InChI is InChI=1S/C23H24F2N2O3/c1-30-21-9-5-3-7-16(21)23(29)27-19-8-4-2-6-14(19)12-20(27)22(28)26-18-11-10-15(24)13-17(18)25/h3,5,7,9-11,13-14,19-20H,2,4,6,8,12H2,1H3,(H,26,28)/t14-,19+,20-/m1/s1. The van der Waals surface area contributed by atoms with Gasteiger partial charge in [0.15, 0.2) is 0 Å². The smallest absolute Gasteiger partial charge is 0.258 e. The Hall–Kier alpha value is -2.96. The van der Waals surface area contributed by atoms with Crippen LogP contribution >= 0.6 is 0 Å². The Balaban J connectivity index is 1.64. The van der Waals surface area contributed by atoms with Crippen LogP contribution in [0.4, 0.5) is 14.5 Å². The van der Waals surface area contributed by atoms with Crippen LogP contribution in [0.25, 0.3) is 0 Å². The Kier molecular flexibility index (Phi) is 5.70. The van der Waals surface area contributed by atoms with E-state index < -0.39 is 23.6 Å². The number of hydrogen-bond acceptors (Lipinski definition) is 3.